The van der Waals surface area contributed by atoms with Crippen molar-refractivity contribution in [3.05, 3.63) is 40.5 Å². The number of amides is 2. The standard InChI is InChI=1S/C20H18N4O6S2/c1-11-21-19(30-22-11)18-14-8-9-29-10-15(14)31-20(18)23-32(27,28)13-4-2-12(3-5-13)24-16(25)6-7-17(24)26/h2-5,23H,6-10H2,1H3. The number of benzene rings is 1. The fourth-order valence-electron chi connectivity index (χ4n) is 3.75. The third kappa shape index (κ3) is 3.59. The molecule has 0 unspecified atom stereocenters. The number of ether oxygens (including phenoxy) is 1. The lowest BCUT2D eigenvalue weighted by molar-refractivity contribution is -0.121. The van der Waals surface area contributed by atoms with Gasteiger partial charge in [-0.3, -0.25) is 19.2 Å². The van der Waals surface area contributed by atoms with Crippen LogP contribution in [0.1, 0.15) is 29.1 Å². The van der Waals surface area contributed by atoms with Crippen LogP contribution in [0.4, 0.5) is 10.7 Å². The zero-order valence-corrected chi connectivity index (χ0v) is 18.6. The summed E-state index contributed by atoms with van der Waals surface area (Å²) in [6.07, 6.45) is 0.924. The quantitative estimate of drug-likeness (QED) is 0.558. The third-order valence-electron chi connectivity index (χ3n) is 5.25. The van der Waals surface area contributed by atoms with Gasteiger partial charge in [0.1, 0.15) is 5.00 Å². The molecule has 1 aromatic carbocycles. The molecule has 5 rings (SSSR count). The number of aryl methyl sites for hydroxylation is 1. The number of anilines is 2. The number of fused-ring (bicyclic) bond motifs is 1. The van der Waals surface area contributed by atoms with Crippen molar-refractivity contribution >= 4 is 43.9 Å². The molecule has 12 heteroatoms. The normalized spacial score (nSPS) is 16.5. The molecular weight excluding hydrogens is 456 g/mol. The highest BCUT2D eigenvalue weighted by atomic mass is 32.2. The van der Waals surface area contributed by atoms with Crippen LogP contribution in [0.2, 0.25) is 0 Å². The molecule has 0 bridgehead atoms. The fourth-order valence-corrected chi connectivity index (χ4v) is 6.23. The van der Waals surface area contributed by atoms with E-state index in [1.807, 2.05) is 0 Å². The van der Waals surface area contributed by atoms with E-state index in [1.165, 1.54) is 35.6 Å². The van der Waals surface area contributed by atoms with Gasteiger partial charge in [-0.05, 0) is 43.2 Å². The Balaban J connectivity index is 1.48. The summed E-state index contributed by atoms with van der Waals surface area (Å²) < 4.78 is 39.7. The smallest absolute Gasteiger partial charge is 0.262 e. The second kappa shape index (κ2) is 7.80. The lowest BCUT2D eigenvalue weighted by atomic mass is 10.1. The van der Waals surface area contributed by atoms with E-state index in [0.29, 0.717) is 41.7 Å². The number of nitrogens with zero attached hydrogens (tertiary/aromatic N) is 3. The van der Waals surface area contributed by atoms with Crippen LogP contribution in [-0.2, 0) is 37.4 Å². The first kappa shape index (κ1) is 20.8. The lowest BCUT2D eigenvalue weighted by Gasteiger charge is -2.14. The lowest BCUT2D eigenvalue weighted by Crippen LogP contribution is -2.28. The number of nitrogens with one attached hydrogen (secondary N) is 1. The van der Waals surface area contributed by atoms with Crippen LogP contribution < -0.4 is 9.62 Å². The van der Waals surface area contributed by atoms with Crippen LogP contribution in [0.25, 0.3) is 11.5 Å². The first-order valence-electron chi connectivity index (χ1n) is 9.85. The van der Waals surface area contributed by atoms with Crippen LogP contribution in [0, 0.1) is 6.92 Å². The molecule has 0 aliphatic carbocycles. The monoisotopic (exact) mass is 474 g/mol. The van der Waals surface area contributed by atoms with Crippen LogP contribution in [-0.4, -0.2) is 37.0 Å². The predicted molar refractivity (Wildman–Crippen MR) is 115 cm³/mol. The third-order valence-corrected chi connectivity index (χ3v) is 7.86. The number of imide groups is 1. The summed E-state index contributed by atoms with van der Waals surface area (Å²) in [7, 11) is -3.96. The maximum absolute atomic E-state index is 13.1. The molecule has 4 heterocycles. The zero-order chi connectivity index (χ0) is 22.5. The van der Waals surface area contributed by atoms with Gasteiger partial charge in [0, 0.05) is 17.7 Å². The van der Waals surface area contributed by atoms with Gasteiger partial charge >= 0.3 is 0 Å². The van der Waals surface area contributed by atoms with Crippen LogP contribution in [0.3, 0.4) is 0 Å². The SMILES string of the molecule is Cc1noc(-c2c(NS(=O)(=O)c3ccc(N4C(=O)CCC4=O)cc3)sc3c2CCOC3)n1. The minimum absolute atomic E-state index is 0.00405. The van der Waals surface area contributed by atoms with Gasteiger partial charge in [-0.2, -0.15) is 4.98 Å². The molecule has 2 aliphatic rings. The molecule has 0 saturated carbocycles. The Kier molecular flexibility index (Phi) is 5.07. The molecule has 1 saturated heterocycles. The van der Waals surface area contributed by atoms with Crippen LogP contribution in [0.5, 0.6) is 0 Å². The summed E-state index contributed by atoms with van der Waals surface area (Å²) in [5.74, 6) is 0.104. The van der Waals surface area contributed by atoms with E-state index in [9.17, 15) is 18.0 Å². The topological polar surface area (TPSA) is 132 Å². The molecule has 0 spiro atoms. The van der Waals surface area contributed by atoms with Gasteiger partial charge in [0.05, 0.1) is 29.4 Å². The summed E-state index contributed by atoms with van der Waals surface area (Å²) >= 11 is 1.27. The molecule has 10 nitrogen and oxygen atoms in total. The number of carbonyl (C=O) groups is 2. The van der Waals surface area contributed by atoms with Crippen LogP contribution >= 0.6 is 11.3 Å². The van der Waals surface area contributed by atoms with Crippen molar-refractivity contribution in [1.82, 2.24) is 10.1 Å². The summed E-state index contributed by atoms with van der Waals surface area (Å²) in [4.78, 5) is 30.1. The van der Waals surface area contributed by atoms with Crippen molar-refractivity contribution in [2.24, 2.45) is 0 Å². The van der Waals surface area contributed by atoms with E-state index in [1.54, 1.807) is 6.92 Å². The second-order valence-corrected chi connectivity index (χ2v) is 10.2. The van der Waals surface area contributed by atoms with Crippen LogP contribution in [0.15, 0.2) is 33.7 Å². The highest BCUT2D eigenvalue weighted by Gasteiger charge is 2.31. The molecule has 166 valence electrons. The van der Waals surface area contributed by atoms with Crippen molar-refractivity contribution in [2.45, 2.75) is 37.7 Å². The molecule has 32 heavy (non-hydrogen) atoms. The van der Waals surface area contributed by atoms with Crippen molar-refractivity contribution < 1.29 is 27.3 Å². The Morgan fingerprint density at radius 1 is 1.09 bits per heavy atom. The average Bonchev–Trinajstić information content (AvgIpc) is 3.44. The molecule has 1 N–H and O–H groups in total. The molecule has 3 aromatic rings. The number of hydrogen-bond acceptors (Lipinski definition) is 9. The van der Waals surface area contributed by atoms with Crippen molar-refractivity contribution in [3.63, 3.8) is 0 Å². The Labute approximate surface area is 187 Å². The predicted octanol–water partition coefficient (Wildman–Crippen LogP) is 2.63. The number of thiophene rings is 1. The molecule has 2 amide bonds. The molecule has 2 aromatic heterocycles. The van der Waals surface area contributed by atoms with E-state index >= 15 is 0 Å². The van der Waals surface area contributed by atoms with Gasteiger partial charge in [0.25, 0.3) is 15.9 Å². The Morgan fingerprint density at radius 3 is 2.47 bits per heavy atom. The van der Waals surface area contributed by atoms with Gasteiger partial charge in [0.15, 0.2) is 5.82 Å². The minimum atomic E-state index is -3.96. The van der Waals surface area contributed by atoms with Gasteiger partial charge in [-0.1, -0.05) is 5.16 Å². The van der Waals surface area contributed by atoms with E-state index in [2.05, 4.69) is 14.9 Å². The zero-order valence-electron chi connectivity index (χ0n) is 17.0. The first-order valence-corrected chi connectivity index (χ1v) is 12.1. The van der Waals surface area contributed by atoms with Gasteiger partial charge in [-0.15, -0.1) is 11.3 Å². The fraction of sp³-hybridized carbons (Fsp3) is 0.300. The highest BCUT2D eigenvalue weighted by Crippen LogP contribution is 2.43. The van der Waals surface area contributed by atoms with E-state index < -0.39 is 10.0 Å². The minimum Gasteiger partial charge on any atom is -0.376 e. The number of carbonyl (C=O) groups excluding carboxylic acids is 2. The maximum atomic E-state index is 13.1. The molecular formula is C20H18N4O6S2. The van der Waals surface area contributed by atoms with Crippen molar-refractivity contribution in [2.75, 3.05) is 16.2 Å². The number of hydrogen-bond donors (Lipinski definition) is 1. The van der Waals surface area contributed by atoms with Crippen molar-refractivity contribution in [1.29, 1.82) is 0 Å². The molecule has 0 atom stereocenters. The summed E-state index contributed by atoms with van der Waals surface area (Å²) in [5, 5.41) is 4.20. The van der Waals surface area contributed by atoms with E-state index in [0.717, 1.165) is 15.3 Å². The number of sulfonamides is 1. The number of aromatic nitrogens is 2. The summed E-state index contributed by atoms with van der Waals surface area (Å²) in [6.45, 7) is 2.59. The van der Waals surface area contributed by atoms with E-state index in [-0.39, 0.29) is 35.4 Å². The largest absolute Gasteiger partial charge is 0.376 e. The molecule has 1 fully saturated rings. The summed E-state index contributed by atoms with van der Waals surface area (Å²) in [5.41, 5.74) is 1.86. The van der Waals surface area contributed by atoms with Crippen molar-refractivity contribution in [3.8, 4) is 11.5 Å². The molecule has 2 aliphatic heterocycles. The number of rotatable bonds is 5. The maximum Gasteiger partial charge on any atom is 0.262 e. The molecule has 0 radical (unpaired) electrons. The van der Waals surface area contributed by atoms with Gasteiger partial charge in [0.2, 0.25) is 11.8 Å². The Morgan fingerprint density at radius 2 is 1.81 bits per heavy atom. The average molecular weight is 475 g/mol. The highest BCUT2D eigenvalue weighted by molar-refractivity contribution is 7.93. The second-order valence-electron chi connectivity index (χ2n) is 7.38. The Bertz CT molecular complexity index is 1310. The Hall–Kier alpha value is -3.09. The van der Waals surface area contributed by atoms with E-state index in [4.69, 9.17) is 9.26 Å². The first-order chi connectivity index (χ1) is 15.3. The van der Waals surface area contributed by atoms with Gasteiger partial charge < -0.3 is 9.26 Å². The summed E-state index contributed by atoms with van der Waals surface area (Å²) in [6, 6.07) is 5.63. The van der Waals surface area contributed by atoms with Gasteiger partial charge in [-0.25, -0.2) is 8.42 Å².